The molecular weight excluding hydrogens is 455 g/mol. The summed E-state index contributed by atoms with van der Waals surface area (Å²) in [5, 5.41) is 6.57. The summed E-state index contributed by atoms with van der Waals surface area (Å²) in [7, 11) is 1.76. The molecule has 2 aromatic rings. The molecule has 1 aromatic carbocycles. The monoisotopic (exact) mass is 484 g/mol. The number of hydrogen-bond donors (Lipinski definition) is 2. The van der Waals surface area contributed by atoms with Crippen LogP contribution in [-0.2, 0) is 6.54 Å². The molecule has 27 heavy (non-hydrogen) atoms. The first-order chi connectivity index (χ1) is 12.8. The Morgan fingerprint density at radius 2 is 1.70 bits per heavy atom. The second-order valence-corrected chi connectivity index (χ2v) is 5.88. The zero-order chi connectivity index (χ0) is 18.5. The van der Waals surface area contributed by atoms with Gasteiger partial charge in [0.1, 0.15) is 5.75 Å². The Labute approximate surface area is 178 Å². The lowest BCUT2D eigenvalue weighted by Crippen LogP contribution is -2.38. The molecule has 0 unspecified atom stereocenters. The SMILES string of the molecule is CN=C(NCCCCn1ccccc1=O)NCCCOc1ccccc1.I. The quantitative estimate of drug-likeness (QED) is 0.236. The van der Waals surface area contributed by atoms with Gasteiger partial charge in [-0.3, -0.25) is 9.79 Å². The van der Waals surface area contributed by atoms with Crippen LogP contribution in [0.25, 0.3) is 0 Å². The largest absolute Gasteiger partial charge is 0.494 e. The maximum atomic E-state index is 11.6. The molecule has 0 fully saturated rings. The Balaban J connectivity index is 0.00000364. The van der Waals surface area contributed by atoms with Gasteiger partial charge in [-0.1, -0.05) is 24.3 Å². The van der Waals surface area contributed by atoms with Gasteiger partial charge in [-0.05, 0) is 37.5 Å². The zero-order valence-corrected chi connectivity index (χ0v) is 18.1. The van der Waals surface area contributed by atoms with E-state index >= 15 is 0 Å². The summed E-state index contributed by atoms with van der Waals surface area (Å²) in [6.07, 6.45) is 4.64. The Kier molecular flexibility index (Phi) is 12.0. The average Bonchev–Trinajstić information content (AvgIpc) is 2.68. The molecule has 0 aliphatic heterocycles. The van der Waals surface area contributed by atoms with Crippen LogP contribution in [0, 0.1) is 0 Å². The van der Waals surface area contributed by atoms with Crippen molar-refractivity contribution in [2.75, 3.05) is 26.7 Å². The molecule has 0 radical (unpaired) electrons. The van der Waals surface area contributed by atoms with Crippen molar-refractivity contribution in [1.29, 1.82) is 0 Å². The maximum absolute atomic E-state index is 11.6. The van der Waals surface area contributed by atoms with Gasteiger partial charge < -0.3 is 19.9 Å². The molecule has 148 valence electrons. The van der Waals surface area contributed by atoms with E-state index in [1.54, 1.807) is 23.7 Å². The van der Waals surface area contributed by atoms with Crippen LogP contribution >= 0.6 is 24.0 Å². The number of pyridine rings is 1. The highest BCUT2D eigenvalue weighted by Gasteiger charge is 1.98. The lowest BCUT2D eigenvalue weighted by Gasteiger charge is -2.12. The molecule has 2 N–H and O–H groups in total. The first kappa shape index (κ1) is 23.0. The van der Waals surface area contributed by atoms with E-state index < -0.39 is 0 Å². The van der Waals surface area contributed by atoms with E-state index in [-0.39, 0.29) is 29.5 Å². The van der Waals surface area contributed by atoms with Gasteiger partial charge in [-0.25, -0.2) is 0 Å². The third-order valence-corrected chi connectivity index (χ3v) is 3.87. The second kappa shape index (κ2) is 14.1. The van der Waals surface area contributed by atoms with Crippen LogP contribution in [0.5, 0.6) is 5.75 Å². The number of nitrogens with one attached hydrogen (secondary N) is 2. The molecule has 0 amide bonds. The number of halogens is 1. The van der Waals surface area contributed by atoms with E-state index in [0.717, 1.165) is 50.6 Å². The fourth-order valence-electron chi connectivity index (χ4n) is 2.47. The van der Waals surface area contributed by atoms with Crippen molar-refractivity contribution in [2.24, 2.45) is 4.99 Å². The molecule has 2 rings (SSSR count). The van der Waals surface area contributed by atoms with Crippen LogP contribution in [-0.4, -0.2) is 37.3 Å². The van der Waals surface area contributed by atoms with Gasteiger partial charge in [0.2, 0.25) is 5.56 Å². The van der Waals surface area contributed by atoms with E-state index in [9.17, 15) is 4.79 Å². The normalized spacial score (nSPS) is 10.8. The third-order valence-electron chi connectivity index (χ3n) is 3.87. The highest BCUT2D eigenvalue weighted by molar-refractivity contribution is 14.0. The minimum atomic E-state index is 0. The van der Waals surface area contributed by atoms with Gasteiger partial charge in [0, 0.05) is 38.9 Å². The Hall–Kier alpha value is -2.03. The first-order valence-electron chi connectivity index (χ1n) is 9.07. The van der Waals surface area contributed by atoms with Gasteiger partial charge in [0.25, 0.3) is 0 Å². The number of nitrogens with zero attached hydrogens (tertiary/aromatic N) is 2. The molecule has 0 aliphatic carbocycles. The summed E-state index contributed by atoms with van der Waals surface area (Å²) in [4.78, 5) is 15.8. The standard InChI is InChI=1S/C20H28N4O2.HI/c1-21-20(23-14-9-17-26-18-10-3-2-4-11-18)22-13-6-8-16-24-15-7-5-12-19(24)25;/h2-5,7,10-12,15H,6,8-9,13-14,16-17H2,1H3,(H2,21,22,23);1H. The van der Waals surface area contributed by atoms with Crippen LogP contribution < -0.4 is 20.9 Å². The smallest absolute Gasteiger partial charge is 0.250 e. The van der Waals surface area contributed by atoms with Crippen molar-refractivity contribution < 1.29 is 4.74 Å². The topological polar surface area (TPSA) is 67.7 Å². The molecule has 0 atom stereocenters. The number of hydrogen-bond acceptors (Lipinski definition) is 3. The third kappa shape index (κ3) is 9.46. The number of ether oxygens (including phenoxy) is 1. The number of aryl methyl sites for hydroxylation is 1. The van der Waals surface area contributed by atoms with Crippen molar-refractivity contribution >= 4 is 29.9 Å². The summed E-state index contributed by atoms with van der Waals surface area (Å²) in [5.74, 6) is 1.69. The predicted octanol–water partition coefficient (Wildman–Crippen LogP) is 2.88. The van der Waals surface area contributed by atoms with Crippen LogP contribution in [0.3, 0.4) is 0 Å². The van der Waals surface area contributed by atoms with Gasteiger partial charge in [0.15, 0.2) is 5.96 Å². The molecule has 6 nitrogen and oxygen atoms in total. The summed E-state index contributed by atoms with van der Waals surface area (Å²) in [6.45, 7) is 3.03. The molecule has 0 bridgehead atoms. The maximum Gasteiger partial charge on any atom is 0.250 e. The van der Waals surface area contributed by atoms with Crippen molar-refractivity contribution in [2.45, 2.75) is 25.8 Å². The van der Waals surface area contributed by atoms with Crippen molar-refractivity contribution in [3.05, 3.63) is 65.1 Å². The number of aromatic nitrogens is 1. The predicted molar refractivity (Wildman–Crippen MR) is 121 cm³/mol. The van der Waals surface area contributed by atoms with Gasteiger partial charge in [-0.2, -0.15) is 0 Å². The number of benzene rings is 1. The summed E-state index contributed by atoms with van der Waals surface area (Å²) in [5.41, 5.74) is 0.0515. The minimum absolute atomic E-state index is 0. The van der Waals surface area contributed by atoms with Crippen LogP contribution in [0.4, 0.5) is 0 Å². The number of unbranched alkanes of at least 4 members (excludes halogenated alkanes) is 1. The fraction of sp³-hybridized carbons (Fsp3) is 0.400. The lowest BCUT2D eigenvalue weighted by atomic mass is 10.3. The first-order valence-corrected chi connectivity index (χ1v) is 9.07. The Bertz CT molecular complexity index is 719. The van der Waals surface area contributed by atoms with Crippen molar-refractivity contribution in [3.8, 4) is 5.75 Å². The molecule has 0 spiro atoms. The Morgan fingerprint density at radius 3 is 2.41 bits per heavy atom. The van der Waals surface area contributed by atoms with Gasteiger partial charge in [0.05, 0.1) is 6.61 Å². The molecular formula is C20H29IN4O2. The highest BCUT2D eigenvalue weighted by Crippen LogP contribution is 2.07. The van der Waals surface area contributed by atoms with Crippen LogP contribution in [0.2, 0.25) is 0 Å². The van der Waals surface area contributed by atoms with Gasteiger partial charge >= 0.3 is 0 Å². The van der Waals surface area contributed by atoms with Gasteiger partial charge in [-0.15, -0.1) is 24.0 Å². The van der Waals surface area contributed by atoms with Crippen molar-refractivity contribution in [3.63, 3.8) is 0 Å². The number of rotatable bonds is 10. The van der Waals surface area contributed by atoms with E-state index in [2.05, 4.69) is 15.6 Å². The van der Waals surface area contributed by atoms with E-state index in [0.29, 0.717) is 6.61 Å². The van der Waals surface area contributed by atoms with E-state index in [1.807, 2.05) is 42.6 Å². The van der Waals surface area contributed by atoms with E-state index in [4.69, 9.17) is 4.74 Å². The van der Waals surface area contributed by atoms with E-state index in [1.165, 1.54) is 0 Å². The average molecular weight is 484 g/mol. The molecule has 1 heterocycles. The van der Waals surface area contributed by atoms with Crippen LogP contribution in [0.1, 0.15) is 19.3 Å². The molecule has 0 saturated heterocycles. The van der Waals surface area contributed by atoms with Crippen LogP contribution in [0.15, 0.2) is 64.5 Å². The van der Waals surface area contributed by atoms with Crippen molar-refractivity contribution in [1.82, 2.24) is 15.2 Å². The number of guanidine groups is 1. The lowest BCUT2D eigenvalue weighted by molar-refractivity contribution is 0.311. The summed E-state index contributed by atoms with van der Waals surface area (Å²) >= 11 is 0. The Morgan fingerprint density at radius 1 is 1.00 bits per heavy atom. The molecule has 0 aliphatic rings. The fourth-order valence-corrected chi connectivity index (χ4v) is 2.47. The minimum Gasteiger partial charge on any atom is -0.494 e. The zero-order valence-electron chi connectivity index (χ0n) is 15.8. The number of aliphatic imine (C=N–C) groups is 1. The highest BCUT2D eigenvalue weighted by atomic mass is 127. The molecule has 1 aromatic heterocycles. The molecule has 7 heteroatoms. The number of para-hydroxylation sites is 1. The second-order valence-electron chi connectivity index (χ2n) is 5.88. The summed E-state index contributed by atoms with van der Waals surface area (Å²) < 4.78 is 7.39. The summed E-state index contributed by atoms with van der Waals surface area (Å²) in [6, 6.07) is 15.1. The molecule has 0 saturated carbocycles.